The number of benzene rings is 1. The Morgan fingerprint density at radius 3 is 2.45 bits per heavy atom. The summed E-state index contributed by atoms with van der Waals surface area (Å²) >= 11 is 0. The first-order chi connectivity index (χ1) is 9.43. The lowest BCUT2D eigenvalue weighted by molar-refractivity contribution is -0.0287. The van der Waals surface area contributed by atoms with Crippen molar-refractivity contribution in [2.24, 2.45) is 0 Å². The van der Waals surface area contributed by atoms with E-state index in [1.54, 1.807) is 0 Å². The van der Waals surface area contributed by atoms with Gasteiger partial charge in [-0.15, -0.1) is 0 Å². The van der Waals surface area contributed by atoms with E-state index in [0.29, 0.717) is 12.8 Å². The summed E-state index contributed by atoms with van der Waals surface area (Å²) in [6, 6.07) is 1.29. The first-order valence-corrected chi connectivity index (χ1v) is 6.24. The average Bonchev–Trinajstić information content (AvgIpc) is 2.34. The van der Waals surface area contributed by atoms with Gasteiger partial charge in [-0.1, -0.05) is 0 Å². The van der Waals surface area contributed by atoms with Gasteiger partial charge in [0.2, 0.25) is 0 Å². The largest absolute Gasteiger partial charge is 0.491 e. The van der Waals surface area contributed by atoms with E-state index >= 15 is 0 Å². The second-order valence-electron chi connectivity index (χ2n) is 4.86. The van der Waals surface area contributed by atoms with Crippen LogP contribution < -0.4 is 15.4 Å². The molecular weight excluding hydrogens is 270 g/mol. The molecule has 1 aromatic carbocycles. The summed E-state index contributed by atoms with van der Waals surface area (Å²) in [5, 5.41) is 14.6. The van der Waals surface area contributed by atoms with E-state index in [1.807, 2.05) is 0 Å². The minimum absolute atomic E-state index is 0.0288. The predicted molar refractivity (Wildman–Crippen MR) is 68.7 cm³/mol. The maximum atomic E-state index is 13.4. The van der Waals surface area contributed by atoms with Gasteiger partial charge in [0.25, 0.3) is 0 Å². The van der Waals surface area contributed by atoms with E-state index in [0.717, 1.165) is 25.7 Å². The Labute approximate surface area is 114 Å². The van der Waals surface area contributed by atoms with Crippen LogP contribution in [0.2, 0.25) is 0 Å². The van der Waals surface area contributed by atoms with Gasteiger partial charge in [-0.3, -0.25) is 0 Å². The molecular formula is C13H16F2N2O3. The average molecular weight is 286 g/mol. The number of hydrogen-bond donors (Lipinski definition) is 3. The highest BCUT2D eigenvalue weighted by atomic mass is 19.1. The number of nitrogens with one attached hydrogen (secondary N) is 2. The van der Waals surface area contributed by atoms with Crippen LogP contribution in [0.1, 0.15) is 19.3 Å². The second kappa shape index (κ2) is 5.62. The molecule has 0 saturated heterocycles. The zero-order valence-corrected chi connectivity index (χ0v) is 11.0. The summed E-state index contributed by atoms with van der Waals surface area (Å²) < 4.78 is 31.4. The molecule has 1 aliphatic carbocycles. The monoisotopic (exact) mass is 286 g/mol. The van der Waals surface area contributed by atoms with Gasteiger partial charge in [0.1, 0.15) is 0 Å². The van der Waals surface area contributed by atoms with Gasteiger partial charge in [-0.05, 0) is 19.3 Å². The van der Waals surface area contributed by atoms with Crippen LogP contribution >= 0.6 is 0 Å². The number of rotatable bonds is 4. The fourth-order valence-electron chi connectivity index (χ4n) is 2.01. The zero-order valence-electron chi connectivity index (χ0n) is 11.0. The number of ether oxygens (including phenoxy) is 1. The van der Waals surface area contributed by atoms with Crippen molar-refractivity contribution in [3.8, 4) is 5.75 Å². The maximum absolute atomic E-state index is 13.4. The molecule has 1 fully saturated rings. The SMILES string of the molecule is COc1c(F)cc(NC(=O)NCC2(O)CCC2)cc1F. The fraction of sp³-hybridized carbons (Fsp3) is 0.462. The first kappa shape index (κ1) is 14.5. The Morgan fingerprint density at radius 2 is 2.00 bits per heavy atom. The molecule has 0 radical (unpaired) electrons. The number of halogens is 2. The fourth-order valence-corrected chi connectivity index (χ4v) is 2.01. The van der Waals surface area contributed by atoms with Crippen LogP contribution in [0.25, 0.3) is 0 Å². The molecule has 0 spiro atoms. The molecule has 2 rings (SSSR count). The highest BCUT2D eigenvalue weighted by Crippen LogP contribution is 2.30. The molecule has 1 aromatic rings. The zero-order chi connectivity index (χ0) is 14.8. The van der Waals surface area contributed by atoms with E-state index in [2.05, 4.69) is 15.4 Å². The van der Waals surface area contributed by atoms with Crippen molar-refractivity contribution in [3.63, 3.8) is 0 Å². The number of carbonyl (C=O) groups is 1. The van der Waals surface area contributed by atoms with Crippen molar-refractivity contribution in [3.05, 3.63) is 23.8 Å². The van der Waals surface area contributed by atoms with Crippen molar-refractivity contribution >= 4 is 11.7 Å². The summed E-state index contributed by atoms with van der Waals surface area (Å²) in [4.78, 5) is 11.6. The molecule has 0 heterocycles. The number of hydrogen-bond acceptors (Lipinski definition) is 3. The molecule has 1 saturated carbocycles. The van der Waals surface area contributed by atoms with Crippen molar-refractivity contribution < 1.29 is 23.4 Å². The number of methoxy groups -OCH3 is 1. The topological polar surface area (TPSA) is 70.6 Å². The minimum Gasteiger partial charge on any atom is -0.491 e. The van der Waals surface area contributed by atoms with Crippen LogP contribution in [0, 0.1) is 11.6 Å². The van der Waals surface area contributed by atoms with Crippen molar-refractivity contribution in [2.75, 3.05) is 19.0 Å². The second-order valence-corrected chi connectivity index (χ2v) is 4.86. The van der Waals surface area contributed by atoms with Crippen LogP contribution in [0.3, 0.4) is 0 Å². The number of anilines is 1. The standard InChI is InChI=1S/C13H16F2N2O3/c1-20-11-9(14)5-8(6-10(11)15)17-12(18)16-7-13(19)3-2-4-13/h5-6,19H,2-4,7H2,1H3,(H2,16,17,18). The smallest absolute Gasteiger partial charge is 0.319 e. The Hall–Kier alpha value is -1.89. The van der Waals surface area contributed by atoms with Crippen molar-refractivity contribution in [2.45, 2.75) is 24.9 Å². The molecule has 20 heavy (non-hydrogen) atoms. The summed E-state index contributed by atoms with van der Waals surface area (Å²) in [6.07, 6.45) is 2.20. The van der Waals surface area contributed by atoms with E-state index in [9.17, 15) is 18.7 Å². The van der Waals surface area contributed by atoms with Gasteiger partial charge >= 0.3 is 6.03 Å². The molecule has 0 aliphatic heterocycles. The summed E-state index contributed by atoms with van der Waals surface area (Å²) in [6.45, 7) is 0.111. The van der Waals surface area contributed by atoms with Gasteiger partial charge < -0.3 is 20.5 Å². The van der Waals surface area contributed by atoms with Crippen LogP contribution in [0.4, 0.5) is 19.3 Å². The Bertz CT molecular complexity index is 495. The Kier molecular flexibility index (Phi) is 4.08. The van der Waals surface area contributed by atoms with Gasteiger partial charge in [0.05, 0.1) is 12.7 Å². The molecule has 0 bridgehead atoms. The first-order valence-electron chi connectivity index (χ1n) is 6.24. The summed E-state index contributed by atoms with van der Waals surface area (Å²) in [5.74, 6) is -2.31. The predicted octanol–water partition coefficient (Wildman–Crippen LogP) is 2.01. The molecule has 0 aromatic heterocycles. The van der Waals surface area contributed by atoms with E-state index < -0.39 is 29.0 Å². The minimum atomic E-state index is -0.902. The lowest BCUT2D eigenvalue weighted by Crippen LogP contribution is -2.48. The maximum Gasteiger partial charge on any atom is 0.319 e. The molecule has 3 N–H and O–H groups in total. The molecule has 5 nitrogen and oxygen atoms in total. The van der Waals surface area contributed by atoms with E-state index in [-0.39, 0.29) is 12.2 Å². The Morgan fingerprint density at radius 1 is 1.40 bits per heavy atom. The van der Waals surface area contributed by atoms with Crippen LogP contribution in [0.5, 0.6) is 5.75 Å². The molecule has 1 aliphatic rings. The molecule has 2 amide bonds. The third kappa shape index (κ3) is 3.16. The van der Waals surface area contributed by atoms with Crippen molar-refractivity contribution in [1.29, 1.82) is 0 Å². The number of aliphatic hydroxyl groups is 1. The third-order valence-electron chi connectivity index (χ3n) is 3.32. The number of urea groups is 1. The molecule has 0 unspecified atom stereocenters. The van der Waals surface area contributed by atoms with Gasteiger partial charge in [-0.25, -0.2) is 13.6 Å². The summed E-state index contributed by atoms with van der Waals surface area (Å²) in [7, 11) is 1.15. The molecule has 0 atom stereocenters. The Balaban J connectivity index is 1.94. The van der Waals surface area contributed by atoms with Crippen molar-refractivity contribution in [1.82, 2.24) is 5.32 Å². The van der Waals surface area contributed by atoms with Crippen LogP contribution in [-0.4, -0.2) is 30.4 Å². The van der Waals surface area contributed by atoms with E-state index in [4.69, 9.17) is 0 Å². The highest BCUT2D eigenvalue weighted by Gasteiger charge is 2.34. The van der Waals surface area contributed by atoms with Gasteiger partial charge in [0, 0.05) is 24.4 Å². The van der Waals surface area contributed by atoms with Crippen LogP contribution in [0.15, 0.2) is 12.1 Å². The normalized spacial score (nSPS) is 16.2. The van der Waals surface area contributed by atoms with Crippen LogP contribution in [-0.2, 0) is 0 Å². The highest BCUT2D eigenvalue weighted by molar-refractivity contribution is 5.89. The summed E-state index contributed by atoms with van der Waals surface area (Å²) in [5.41, 5.74) is -0.882. The lowest BCUT2D eigenvalue weighted by atomic mass is 9.80. The van der Waals surface area contributed by atoms with E-state index in [1.165, 1.54) is 0 Å². The lowest BCUT2D eigenvalue weighted by Gasteiger charge is -2.36. The third-order valence-corrected chi connectivity index (χ3v) is 3.32. The quantitative estimate of drug-likeness (QED) is 0.793. The number of carbonyl (C=O) groups excluding carboxylic acids is 1. The van der Waals surface area contributed by atoms with Gasteiger partial charge in [0.15, 0.2) is 17.4 Å². The molecule has 7 heteroatoms. The molecule has 110 valence electrons. The number of amides is 2. The van der Waals surface area contributed by atoms with Gasteiger partial charge in [-0.2, -0.15) is 0 Å².